The molecule has 3 rings (SSSR count). The minimum atomic E-state index is -3.49. The van der Waals surface area contributed by atoms with E-state index in [0.29, 0.717) is 18.7 Å². The van der Waals surface area contributed by atoms with Crippen LogP contribution in [0.4, 0.5) is 0 Å². The van der Waals surface area contributed by atoms with Gasteiger partial charge in [0.15, 0.2) is 0 Å². The van der Waals surface area contributed by atoms with Gasteiger partial charge in [-0.1, -0.05) is 18.2 Å². The lowest BCUT2D eigenvalue weighted by atomic mass is 9.96. The van der Waals surface area contributed by atoms with Crippen molar-refractivity contribution in [2.45, 2.75) is 11.3 Å². The van der Waals surface area contributed by atoms with Crippen molar-refractivity contribution in [3.05, 3.63) is 59.7 Å². The van der Waals surface area contributed by atoms with Crippen molar-refractivity contribution >= 4 is 15.9 Å². The number of amides is 1. The zero-order chi connectivity index (χ0) is 18.7. The smallest absolute Gasteiger partial charge is 0.251 e. The molecule has 1 amide bonds. The second kappa shape index (κ2) is 7.47. The average molecular weight is 374 g/mol. The molecule has 0 radical (unpaired) electrons. The summed E-state index contributed by atoms with van der Waals surface area (Å²) < 4.78 is 31.0. The van der Waals surface area contributed by atoms with Gasteiger partial charge in [0.1, 0.15) is 5.75 Å². The van der Waals surface area contributed by atoms with Gasteiger partial charge in [0.2, 0.25) is 10.0 Å². The van der Waals surface area contributed by atoms with Gasteiger partial charge in [0.25, 0.3) is 5.91 Å². The molecule has 0 fully saturated rings. The molecule has 0 bridgehead atoms. The van der Waals surface area contributed by atoms with Crippen LogP contribution < -0.4 is 10.1 Å². The van der Waals surface area contributed by atoms with Crippen molar-refractivity contribution in [3.8, 4) is 5.75 Å². The lowest BCUT2D eigenvalue weighted by molar-refractivity contribution is 0.0939. The van der Waals surface area contributed by atoms with Crippen LogP contribution in [0.5, 0.6) is 5.75 Å². The molecule has 26 heavy (non-hydrogen) atoms. The van der Waals surface area contributed by atoms with E-state index in [4.69, 9.17) is 4.74 Å². The molecule has 0 spiro atoms. The third kappa shape index (κ3) is 3.89. The Kier molecular flexibility index (Phi) is 5.29. The molecule has 1 aliphatic rings. The van der Waals surface area contributed by atoms with E-state index in [1.165, 1.54) is 38.4 Å². The number of benzene rings is 2. The zero-order valence-electron chi connectivity index (χ0n) is 14.8. The van der Waals surface area contributed by atoms with E-state index in [0.717, 1.165) is 22.0 Å². The third-order valence-corrected chi connectivity index (χ3v) is 6.23. The van der Waals surface area contributed by atoms with Crippen LogP contribution in [0.15, 0.2) is 53.4 Å². The molecule has 138 valence electrons. The Hall–Kier alpha value is -2.38. The van der Waals surface area contributed by atoms with Crippen molar-refractivity contribution in [2.75, 3.05) is 27.2 Å². The number of para-hydroxylation sites is 1. The van der Waals surface area contributed by atoms with Gasteiger partial charge in [-0.3, -0.25) is 4.79 Å². The molecular formula is C19H22N2O4S. The van der Waals surface area contributed by atoms with Gasteiger partial charge in [-0.25, -0.2) is 12.7 Å². The van der Waals surface area contributed by atoms with Crippen LogP contribution in [-0.4, -0.2) is 45.9 Å². The maximum Gasteiger partial charge on any atom is 0.251 e. The Morgan fingerprint density at radius 1 is 1.15 bits per heavy atom. The average Bonchev–Trinajstić information content (AvgIpc) is 2.66. The van der Waals surface area contributed by atoms with E-state index < -0.39 is 10.0 Å². The first-order valence-electron chi connectivity index (χ1n) is 8.39. The van der Waals surface area contributed by atoms with Crippen LogP contribution >= 0.6 is 0 Å². The van der Waals surface area contributed by atoms with Crippen LogP contribution in [-0.2, 0) is 16.4 Å². The molecule has 1 aliphatic heterocycles. The van der Waals surface area contributed by atoms with Crippen LogP contribution in [0.1, 0.15) is 15.9 Å². The molecule has 2 aromatic rings. The van der Waals surface area contributed by atoms with Crippen LogP contribution in [0.25, 0.3) is 0 Å². The molecule has 0 aliphatic carbocycles. The summed E-state index contributed by atoms with van der Waals surface area (Å²) in [5.41, 5.74) is 1.58. The first-order valence-corrected chi connectivity index (χ1v) is 9.83. The van der Waals surface area contributed by atoms with Crippen molar-refractivity contribution in [1.29, 1.82) is 0 Å². The Labute approximate surface area is 153 Å². The fourth-order valence-corrected chi connectivity index (χ4v) is 3.75. The SMILES string of the molecule is CN(C)S(=O)(=O)c1ccc(C(=O)NC[C@@H]2COc3ccccc3C2)cc1. The Morgan fingerprint density at radius 3 is 2.54 bits per heavy atom. The van der Waals surface area contributed by atoms with E-state index in [2.05, 4.69) is 5.32 Å². The molecule has 1 N–H and O–H groups in total. The third-order valence-electron chi connectivity index (χ3n) is 4.40. The van der Waals surface area contributed by atoms with Gasteiger partial charge in [0, 0.05) is 32.1 Å². The van der Waals surface area contributed by atoms with Gasteiger partial charge < -0.3 is 10.1 Å². The van der Waals surface area contributed by atoms with Gasteiger partial charge in [-0.2, -0.15) is 0 Å². The monoisotopic (exact) mass is 374 g/mol. The molecule has 0 saturated heterocycles. The van der Waals surface area contributed by atoms with Gasteiger partial charge in [-0.05, 0) is 42.3 Å². The number of carbonyl (C=O) groups excluding carboxylic acids is 1. The summed E-state index contributed by atoms with van der Waals surface area (Å²) >= 11 is 0. The number of rotatable bonds is 5. The van der Waals surface area contributed by atoms with Crippen molar-refractivity contribution in [3.63, 3.8) is 0 Å². The van der Waals surface area contributed by atoms with Gasteiger partial charge >= 0.3 is 0 Å². The molecule has 0 unspecified atom stereocenters. The largest absolute Gasteiger partial charge is 0.493 e. The highest BCUT2D eigenvalue weighted by atomic mass is 32.2. The summed E-state index contributed by atoms with van der Waals surface area (Å²) in [6, 6.07) is 13.9. The first kappa shape index (κ1) is 18.4. The summed E-state index contributed by atoms with van der Waals surface area (Å²) in [5.74, 6) is 0.896. The topological polar surface area (TPSA) is 75.7 Å². The lowest BCUT2D eigenvalue weighted by Gasteiger charge is -2.25. The van der Waals surface area contributed by atoms with Crippen molar-refractivity contribution in [2.24, 2.45) is 5.92 Å². The minimum Gasteiger partial charge on any atom is -0.493 e. The highest BCUT2D eigenvalue weighted by Crippen LogP contribution is 2.26. The second-order valence-corrected chi connectivity index (χ2v) is 8.66. The number of ether oxygens (including phenoxy) is 1. The summed E-state index contributed by atoms with van der Waals surface area (Å²) in [6.45, 7) is 1.07. The highest BCUT2D eigenvalue weighted by Gasteiger charge is 2.21. The van der Waals surface area contributed by atoms with Crippen molar-refractivity contribution in [1.82, 2.24) is 9.62 Å². The van der Waals surface area contributed by atoms with Crippen LogP contribution in [0.2, 0.25) is 0 Å². The van der Waals surface area contributed by atoms with Crippen molar-refractivity contribution < 1.29 is 17.9 Å². The highest BCUT2D eigenvalue weighted by molar-refractivity contribution is 7.89. The fraction of sp³-hybridized carbons (Fsp3) is 0.316. The minimum absolute atomic E-state index is 0.163. The standard InChI is InChI=1S/C19H22N2O4S/c1-21(2)26(23,24)17-9-7-15(8-10-17)19(22)20-12-14-11-16-5-3-4-6-18(16)25-13-14/h3-10,14H,11-13H2,1-2H3,(H,20,22)/t14-/m1/s1. The zero-order valence-corrected chi connectivity index (χ0v) is 15.6. The number of hydrogen-bond donors (Lipinski definition) is 1. The molecular weight excluding hydrogens is 352 g/mol. The van der Waals surface area contributed by atoms with E-state index in [1.807, 2.05) is 24.3 Å². The van der Waals surface area contributed by atoms with Gasteiger partial charge in [0.05, 0.1) is 11.5 Å². The van der Waals surface area contributed by atoms with Crippen LogP contribution in [0.3, 0.4) is 0 Å². The second-order valence-electron chi connectivity index (χ2n) is 6.51. The molecule has 2 aromatic carbocycles. The number of nitrogens with zero attached hydrogens (tertiary/aromatic N) is 1. The van der Waals surface area contributed by atoms with E-state index in [9.17, 15) is 13.2 Å². The first-order chi connectivity index (χ1) is 12.4. The summed E-state index contributed by atoms with van der Waals surface area (Å²) in [5, 5.41) is 2.90. The Bertz CT molecular complexity index is 892. The number of carbonyl (C=O) groups is 1. The molecule has 0 saturated carbocycles. The summed E-state index contributed by atoms with van der Waals surface area (Å²) in [4.78, 5) is 12.5. The predicted molar refractivity (Wildman–Crippen MR) is 98.8 cm³/mol. The number of sulfonamides is 1. The molecule has 1 atom stereocenters. The molecule has 0 aromatic heterocycles. The predicted octanol–water partition coefficient (Wildman–Crippen LogP) is 1.92. The number of nitrogens with one attached hydrogen (secondary N) is 1. The van der Waals surface area contributed by atoms with E-state index >= 15 is 0 Å². The molecule has 6 nitrogen and oxygen atoms in total. The van der Waals surface area contributed by atoms with Crippen LogP contribution in [0, 0.1) is 5.92 Å². The number of fused-ring (bicyclic) bond motifs is 1. The Balaban J connectivity index is 1.59. The van der Waals surface area contributed by atoms with E-state index in [-0.39, 0.29) is 16.7 Å². The Morgan fingerprint density at radius 2 is 1.85 bits per heavy atom. The number of hydrogen-bond acceptors (Lipinski definition) is 4. The molecule has 1 heterocycles. The fourth-order valence-electron chi connectivity index (χ4n) is 2.85. The summed E-state index contributed by atoms with van der Waals surface area (Å²) in [6.07, 6.45) is 0.858. The summed E-state index contributed by atoms with van der Waals surface area (Å²) in [7, 11) is -0.547. The quantitative estimate of drug-likeness (QED) is 0.868. The molecule has 7 heteroatoms. The van der Waals surface area contributed by atoms with E-state index in [1.54, 1.807) is 0 Å². The van der Waals surface area contributed by atoms with Gasteiger partial charge in [-0.15, -0.1) is 0 Å². The maximum atomic E-state index is 12.3. The normalized spacial score (nSPS) is 16.7. The maximum absolute atomic E-state index is 12.3. The lowest BCUT2D eigenvalue weighted by Crippen LogP contribution is -2.34.